The van der Waals surface area contributed by atoms with Crippen molar-refractivity contribution in [3.63, 3.8) is 0 Å². The topological polar surface area (TPSA) is 104 Å². The third-order valence-corrected chi connectivity index (χ3v) is 7.10. The van der Waals surface area contributed by atoms with Crippen molar-refractivity contribution in [3.8, 4) is 17.5 Å². The van der Waals surface area contributed by atoms with Gasteiger partial charge in [0.15, 0.2) is 11.2 Å². The number of carbonyl (C=O) groups excluding carboxylic acids is 1. The van der Waals surface area contributed by atoms with Gasteiger partial charge in [0.25, 0.3) is 5.56 Å². The molecule has 0 saturated carbocycles. The third kappa shape index (κ3) is 6.29. The highest BCUT2D eigenvalue weighted by Gasteiger charge is 2.31. The van der Waals surface area contributed by atoms with Crippen LogP contribution in [0, 0.1) is 0 Å². The van der Waals surface area contributed by atoms with Crippen molar-refractivity contribution in [2.45, 2.75) is 19.5 Å². The lowest BCUT2D eigenvalue weighted by atomic mass is 10.2. The summed E-state index contributed by atoms with van der Waals surface area (Å²) in [7, 11) is 3.35. The Bertz CT molecular complexity index is 1740. The van der Waals surface area contributed by atoms with E-state index in [1.807, 2.05) is 7.05 Å². The van der Waals surface area contributed by atoms with Gasteiger partial charge in [-0.3, -0.25) is 18.7 Å². The van der Waals surface area contributed by atoms with Crippen molar-refractivity contribution >= 4 is 28.7 Å². The largest absolute Gasteiger partial charge is 0.573 e. The molecule has 0 N–H and O–H groups in total. The number of hydrogen-bond acceptors (Lipinski definition) is 7. The fourth-order valence-electron chi connectivity index (χ4n) is 4.62. The predicted molar refractivity (Wildman–Crippen MR) is 147 cm³/mol. The minimum Gasteiger partial charge on any atom is -0.425 e. The number of imidazole rings is 1. The highest BCUT2D eigenvalue weighted by molar-refractivity contribution is 6.30. The Kier molecular flexibility index (Phi) is 8.01. The molecular formula is C27H26ClF3N6O5. The van der Waals surface area contributed by atoms with E-state index in [1.54, 1.807) is 29.2 Å². The molecule has 42 heavy (non-hydrogen) atoms. The summed E-state index contributed by atoms with van der Waals surface area (Å²) in [4.78, 5) is 48.1. The Labute approximate surface area is 241 Å². The first-order valence-corrected chi connectivity index (χ1v) is 13.2. The average molecular weight is 607 g/mol. The zero-order chi connectivity index (χ0) is 30.2. The number of fused-ring (bicyclic) bond motifs is 1. The molecule has 1 saturated heterocycles. The number of hydrogen-bond donors (Lipinski definition) is 0. The molecule has 222 valence electrons. The molecule has 1 aliphatic heterocycles. The molecule has 1 aliphatic rings. The Balaban J connectivity index is 1.59. The average Bonchev–Trinajstić information content (AvgIpc) is 3.28. The lowest BCUT2D eigenvalue weighted by molar-refractivity contribution is -0.274. The second kappa shape index (κ2) is 11.5. The maximum atomic E-state index is 13.8. The first-order valence-electron chi connectivity index (χ1n) is 12.8. The lowest BCUT2D eigenvalue weighted by Gasteiger charge is -2.32. The van der Waals surface area contributed by atoms with E-state index in [0.29, 0.717) is 36.8 Å². The van der Waals surface area contributed by atoms with E-state index in [0.717, 1.165) is 21.3 Å². The molecule has 5 rings (SSSR count). The van der Waals surface area contributed by atoms with E-state index < -0.39 is 29.9 Å². The maximum absolute atomic E-state index is 13.8. The van der Waals surface area contributed by atoms with Gasteiger partial charge in [-0.1, -0.05) is 29.8 Å². The minimum absolute atomic E-state index is 0.0278. The van der Waals surface area contributed by atoms with Crippen LogP contribution in [0.1, 0.15) is 5.56 Å². The molecule has 3 heterocycles. The molecular weight excluding hydrogens is 581 g/mol. The van der Waals surface area contributed by atoms with Gasteiger partial charge in [0, 0.05) is 44.3 Å². The monoisotopic (exact) mass is 606 g/mol. The van der Waals surface area contributed by atoms with E-state index in [-0.39, 0.29) is 35.4 Å². The second-order valence-corrected chi connectivity index (χ2v) is 10.3. The Morgan fingerprint density at radius 2 is 1.64 bits per heavy atom. The van der Waals surface area contributed by atoms with Gasteiger partial charge >= 0.3 is 18.1 Å². The molecule has 11 nitrogen and oxygen atoms in total. The van der Waals surface area contributed by atoms with Crippen LogP contribution in [0.3, 0.4) is 0 Å². The molecule has 0 bridgehead atoms. The number of likely N-dealkylation sites (N-methyl/N-ethyl adjacent to an activating group) is 1. The smallest absolute Gasteiger partial charge is 0.425 e. The van der Waals surface area contributed by atoms with Gasteiger partial charge in [-0.25, -0.2) is 9.36 Å². The molecule has 2 aromatic heterocycles. The summed E-state index contributed by atoms with van der Waals surface area (Å²) in [6.45, 7) is 1.83. The van der Waals surface area contributed by atoms with Crippen molar-refractivity contribution in [2.24, 2.45) is 7.05 Å². The Morgan fingerprint density at radius 1 is 0.976 bits per heavy atom. The molecule has 0 spiro atoms. The quantitative estimate of drug-likeness (QED) is 0.319. The van der Waals surface area contributed by atoms with Gasteiger partial charge in [0.05, 0.1) is 6.54 Å². The van der Waals surface area contributed by atoms with E-state index >= 15 is 0 Å². The van der Waals surface area contributed by atoms with Crippen LogP contribution in [0.15, 0.2) is 58.1 Å². The van der Waals surface area contributed by atoms with Gasteiger partial charge in [-0.15, -0.1) is 13.2 Å². The van der Waals surface area contributed by atoms with Crippen LogP contribution in [0.25, 0.3) is 11.2 Å². The highest BCUT2D eigenvalue weighted by Crippen LogP contribution is 2.30. The molecule has 0 unspecified atom stereocenters. The van der Waals surface area contributed by atoms with E-state index in [2.05, 4.69) is 14.6 Å². The Morgan fingerprint density at radius 3 is 2.31 bits per heavy atom. The van der Waals surface area contributed by atoms with Crippen molar-refractivity contribution < 1.29 is 27.4 Å². The molecule has 0 aliphatic carbocycles. The first-order chi connectivity index (χ1) is 19.9. The number of nitrogens with zero attached hydrogens (tertiary/aromatic N) is 6. The summed E-state index contributed by atoms with van der Waals surface area (Å²) in [5, 5.41) is 0.486. The van der Waals surface area contributed by atoms with Gasteiger partial charge in [-0.2, -0.15) is 4.98 Å². The van der Waals surface area contributed by atoms with E-state index in [9.17, 15) is 27.6 Å². The molecule has 4 aromatic rings. The standard InChI is InChI=1S/C27H26ClF3N6O5/c1-33-10-12-35(13-11-33)21(38)16-37-24(39)22-23(34(2)26(37)40)32-25(36(22)15-17-6-8-18(28)9-7-17)41-19-4-3-5-20(14-19)42-27(29,30)31/h3-9,14H,10-13,15-16H2,1-2H3. The summed E-state index contributed by atoms with van der Waals surface area (Å²) >= 11 is 6.03. The number of amides is 1. The molecule has 1 fully saturated rings. The van der Waals surface area contributed by atoms with Gasteiger partial charge < -0.3 is 19.3 Å². The van der Waals surface area contributed by atoms with Gasteiger partial charge in [0.2, 0.25) is 5.91 Å². The van der Waals surface area contributed by atoms with E-state index in [1.165, 1.54) is 23.7 Å². The van der Waals surface area contributed by atoms with Crippen molar-refractivity contribution in [1.82, 2.24) is 28.5 Å². The fraction of sp³-hybridized carbons (Fsp3) is 0.333. The summed E-state index contributed by atoms with van der Waals surface area (Å²) in [5.74, 6) is -0.944. The van der Waals surface area contributed by atoms with Crippen LogP contribution < -0.4 is 20.7 Å². The van der Waals surface area contributed by atoms with Crippen molar-refractivity contribution in [1.29, 1.82) is 0 Å². The minimum atomic E-state index is -4.91. The molecule has 0 atom stereocenters. The van der Waals surface area contributed by atoms with E-state index in [4.69, 9.17) is 16.3 Å². The maximum Gasteiger partial charge on any atom is 0.573 e. The zero-order valence-electron chi connectivity index (χ0n) is 22.6. The number of ether oxygens (including phenoxy) is 2. The Hall–Kier alpha value is -4.30. The summed E-state index contributed by atoms with van der Waals surface area (Å²) in [6.07, 6.45) is -4.91. The molecule has 2 aromatic carbocycles. The summed E-state index contributed by atoms with van der Waals surface area (Å²) < 4.78 is 51.5. The predicted octanol–water partition coefficient (Wildman–Crippen LogP) is 3.06. The number of aryl methyl sites for hydroxylation is 1. The van der Waals surface area contributed by atoms with Crippen LogP contribution in [-0.4, -0.2) is 74.0 Å². The second-order valence-electron chi connectivity index (χ2n) is 9.82. The van der Waals surface area contributed by atoms with Crippen LogP contribution in [0.2, 0.25) is 5.02 Å². The number of rotatable bonds is 7. The van der Waals surface area contributed by atoms with Crippen LogP contribution >= 0.6 is 11.6 Å². The molecule has 1 amide bonds. The first kappa shape index (κ1) is 29.2. The van der Waals surface area contributed by atoms with Crippen LogP contribution in [0.5, 0.6) is 17.5 Å². The fourth-order valence-corrected chi connectivity index (χ4v) is 4.75. The number of aromatic nitrogens is 4. The number of halogens is 4. The normalized spacial score (nSPS) is 14.4. The number of piperazine rings is 1. The van der Waals surface area contributed by atoms with Crippen molar-refractivity contribution in [3.05, 3.63) is 80.0 Å². The highest BCUT2D eigenvalue weighted by atomic mass is 35.5. The number of alkyl halides is 3. The number of benzene rings is 2. The van der Waals surface area contributed by atoms with Crippen molar-refractivity contribution in [2.75, 3.05) is 33.2 Å². The third-order valence-electron chi connectivity index (χ3n) is 6.85. The molecule has 15 heteroatoms. The number of carbonyl (C=O) groups is 1. The zero-order valence-corrected chi connectivity index (χ0v) is 23.4. The van der Waals surface area contributed by atoms with Gasteiger partial charge in [0.1, 0.15) is 18.0 Å². The SMILES string of the molecule is CN1CCN(C(=O)Cn2c(=O)c3c(nc(Oc4cccc(OC(F)(F)F)c4)n3Cc3ccc(Cl)cc3)n(C)c2=O)CC1. The van der Waals surface area contributed by atoms with Crippen LogP contribution in [-0.2, 0) is 24.9 Å². The summed E-state index contributed by atoms with van der Waals surface area (Å²) in [6, 6.07) is 11.4. The molecule has 0 radical (unpaired) electrons. The summed E-state index contributed by atoms with van der Waals surface area (Å²) in [5.41, 5.74) is -0.888. The van der Waals surface area contributed by atoms with Crippen LogP contribution in [0.4, 0.5) is 13.2 Å². The van der Waals surface area contributed by atoms with Gasteiger partial charge in [-0.05, 0) is 36.9 Å². The lowest BCUT2D eigenvalue weighted by Crippen LogP contribution is -2.50.